The van der Waals surface area contributed by atoms with Gasteiger partial charge in [-0.2, -0.15) is 0 Å². The molecule has 0 atom stereocenters. The fraction of sp³-hybridized carbons (Fsp3) is 1.00. The van der Waals surface area contributed by atoms with Crippen molar-refractivity contribution >= 4 is 47.8 Å². The number of hydrogen-bond donors (Lipinski definition) is 2. The summed E-state index contributed by atoms with van der Waals surface area (Å²) in [4.78, 5) is 0. The average molecular weight is 313 g/mol. The fourth-order valence-corrected chi connectivity index (χ4v) is 0. The maximum Gasteiger partial charge on any atom is 0.247 e. The molecule has 2 N–H and O–H groups in total. The van der Waals surface area contributed by atoms with E-state index in [1.54, 1.807) is 6.92 Å². The third-order valence-corrected chi connectivity index (χ3v) is 3.52. The van der Waals surface area contributed by atoms with Crippen LogP contribution in [0.2, 0.25) is 0 Å². The monoisotopic (exact) mass is 310 g/mol. The summed E-state index contributed by atoms with van der Waals surface area (Å²) in [6.45, 7) is 1.56. The van der Waals surface area contributed by atoms with Gasteiger partial charge in [0.05, 0.1) is 0 Å². The summed E-state index contributed by atoms with van der Waals surface area (Å²) >= 11 is 8.55. The highest BCUT2D eigenvalue weighted by atomic mass is 79.9. The number of hydrogen-bond acceptors (Lipinski definition) is 2. The lowest BCUT2D eigenvalue weighted by Gasteiger charge is -2.24. The number of aliphatic hydroxyl groups is 2. The van der Waals surface area contributed by atoms with Crippen molar-refractivity contribution in [2.45, 2.75) is 14.9 Å². The molecule has 0 aliphatic rings. The molecule has 0 amide bonds. The van der Waals surface area contributed by atoms with Crippen LogP contribution < -0.4 is 0 Å². The van der Waals surface area contributed by atoms with Crippen molar-refractivity contribution in [2.75, 3.05) is 0 Å². The van der Waals surface area contributed by atoms with E-state index in [0.717, 1.165) is 0 Å². The molecule has 0 saturated carbocycles. The van der Waals surface area contributed by atoms with Crippen molar-refractivity contribution in [3.05, 3.63) is 0 Å². The molecule has 5 heteroatoms. The molecular weight excluding hydrogens is 308 g/mol. The summed E-state index contributed by atoms with van der Waals surface area (Å²) < 4.78 is -2.83. The second-order valence-corrected chi connectivity index (χ2v) is 6.82. The second kappa shape index (κ2) is 2.54. The smallest absolute Gasteiger partial charge is 0.247 e. The quantitative estimate of drug-likeness (QED) is 0.569. The minimum absolute atomic E-state index is 0.910. The van der Waals surface area contributed by atoms with Crippen LogP contribution in [0.25, 0.3) is 0 Å². The van der Waals surface area contributed by atoms with E-state index in [2.05, 4.69) is 47.8 Å². The highest BCUT2D eigenvalue weighted by molar-refractivity contribution is 9.26. The Kier molecular flexibility index (Phi) is 2.97. The number of alkyl halides is 3. The Labute approximate surface area is 72.7 Å². The van der Waals surface area contributed by atoms with Crippen LogP contribution in [0.3, 0.4) is 0 Å². The summed E-state index contributed by atoms with van der Waals surface area (Å²) in [5.74, 6) is 0. The van der Waals surface area contributed by atoms with Gasteiger partial charge in [-0.1, -0.05) is 31.9 Å². The third-order valence-electron chi connectivity index (χ3n) is 0.559. The van der Waals surface area contributed by atoms with Crippen molar-refractivity contribution < 1.29 is 10.2 Å². The lowest BCUT2D eigenvalue weighted by Crippen LogP contribution is -2.36. The van der Waals surface area contributed by atoms with Gasteiger partial charge in [0.15, 0.2) is 0 Å². The number of rotatable bonds is 1. The van der Waals surface area contributed by atoms with Crippen molar-refractivity contribution in [2.24, 2.45) is 0 Å². The van der Waals surface area contributed by atoms with Gasteiger partial charge in [-0.25, -0.2) is 0 Å². The van der Waals surface area contributed by atoms with Gasteiger partial charge in [0, 0.05) is 0 Å². The zero-order valence-corrected chi connectivity index (χ0v) is 8.79. The minimum atomic E-state index is -1.92. The first kappa shape index (κ1) is 9.36. The van der Waals surface area contributed by atoms with Crippen molar-refractivity contribution in [1.82, 2.24) is 0 Å². The standard InChI is InChI=1S/C3H5Br3O2/c1-2(4,5)3(6,7)8/h7-8H,1H3. The second-order valence-electron chi connectivity index (χ2n) is 1.48. The molecule has 8 heavy (non-hydrogen) atoms. The third kappa shape index (κ3) is 2.77. The van der Waals surface area contributed by atoms with E-state index in [9.17, 15) is 0 Å². The lowest BCUT2D eigenvalue weighted by atomic mass is 10.5. The molecule has 50 valence electrons. The molecule has 0 aromatic heterocycles. The molecule has 0 spiro atoms. The Bertz CT molecular complexity index is 67.5. The predicted octanol–water partition coefficient (Wildman–Crippen LogP) is 1.53. The van der Waals surface area contributed by atoms with E-state index in [0.29, 0.717) is 0 Å². The van der Waals surface area contributed by atoms with Gasteiger partial charge in [0.25, 0.3) is 0 Å². The van der Waals surface area contributed by atoms with Gasteiger partial charge in [0.1, 0.15) is 3.23 Å². The van der Waals surface area contributed by atoms with Crippen LogP contribution in [0.4, 0.5) is 0 Å². The molecule has 0 bridgehead atoms. The highest BCUT2D eigenvalue weighted by Crippen LogP contribution is 2.39. The molecular formula is C3H5Br3O2. The maximum atomic E-state index is 8.73. The Morgan fingerprint density at radius 3 is 1.25 bits per heavy atom. The summed E-state index contributed by atoms with van der Waals surface area (Å²) in [6.07, 6.45) is 0. The van der Waals surface area contributed by atoms with Gasteiger partial charge in [-0.3, -0.25) is 0 Å². The highest BCUT2D eigenvalue weighted by Gasteiger charge is 2.39. The fourth-order valence-electron chi connectivity index (χ4n) is 0. The van der Waals surface area contributed by atoms with Gasteiger partial charge >= 0.3 is 0 Å². The predicted molar refractivity (Wildman–Crippen MR) is 42.4 cm³/mol. The normalized spacial score (nSPS) is 14.2. The molecule has 0 saturated heterocycles. The molecule has 0 fully saturated rings. The van der Waals surface area contributed by atoms with E-state index in [-0.39, 0.29) is 0 Å². The molecule has 0 aromatic carbocycles. The summed E-state index contributed by atoms with van der Waals surface area (Å²) in [5.41, 5.74) is 0. The van der Waals surface area contributed by atoms with Gasteiger partial charge in [0.2, 0.25) is 4.70 Å². The van der Waals surface area contributed by atoms with Crippen LogP contribution in [0, 0.1) is 0 Å². The van der Waals surface area contributed by atoms with Crippen LogP contribution in [0.1, 0.15) is 6.92 Å². The Morgan fingerprint density at radius 1 is 1.12 bits per heavy atom. The van der Waals surface area contributed by atoms with Crippen molar-refractivity contribution in [3.63, 3.8) is 0 Å². The SMILES string of the molecule is CC(Br)(Br)C(O)(O)Br. The maximum absolute atomic E-state index is 8.73. The summed E-state index contributed by atoms with van der Waals surface area (Å²) in [7, 11) is 0. The van der Waals surface area contributed by atoms with E-state index in [1.165, 1.54) is 0 Å². The van der Waals surface area contributed by atoms with E-state index in [1.807, 2.05) is 0 Å². The largest absolute Gasteiger partial charge is 0.355 e. The Hall–Kier alpha value is 1.36. The molecule has 0 rings (SSSR count). The molecule has 0 aliphatic carbocycles. The first-order valence-electron chi connectivity index (χ1n) is 1.76. The van der Waals surface area contributed by atoms with E-state index >= 15 is 0 Å². The first-order chi connectivity index (χ1) is 3.25. The van der Waals surface area contributed by atoms with Crippen LogP contribution in [0.5, 0.6) is 0 Å². The zero-order valence-electron chi connectivity index (χ0n) is 4.03. The van der Waals surface area contributed by atoms with Crippen molar-refractivity contribution in [3.8, 4) is 0 Å². The van der Waals surface area contributed by atoms with Gasteiger partial charge in [-0.05, 0) is 22.9 Å². The summed E-state index contributed by atoms with van der Waals surface area (Å²) in [5, 5.41) is 17.5. The zero-order chi connectivity index (χ0) is 7.00. The molecule has 0 aromatic rings. The van der Waals surface area contributed by atoms with Gasteiger partial charge in [-0.15, -0.1) is 0 Å². The molecule has 0 radical (unpaired) electrons. The Balaban J connectivity index is 4.02. The average Bonchev–Trinajstić information content (AvgIpc) is 1.25. The Morgan fingerprint density at radius 2 is 1.25 bits per heavy atom. The molecule has 2 nitrogen and oxygen atoms in total. The molecule has 0 heterocycles. The van der Waals surface area contributed by atoms with E-state index in [4.69, 9.17) is 10.2 Å². The minimum Gasteiger partial charge on any atom is -0.355 e. The molecule has 0 aliphatic heterocycles. The molecule has 0 unspecified atom stereocenters. The lowest BCUT2D eigenvalue weighted by molar-refractivity contribution is -0.0700. The number of halogens is 3. The van der Waals surface area contributed by atoms with E-state index < -0.39 is 7.93 Å². The topological polar surface area (TPSA) is 40.5 Å². The summed E-state index contributed by atoms with van der Waals surface area (Å²) in [6, 6.07) is 0. The van der Waals surface area contributed by atoms with Crippen LogP contribution in [-0.4, -0.2) is 18.1 Å². The van der Waals surface area contributed by atoms with Crippen LogP contribution in [0.15, 0.2) is 0 Å². The van der Waals surface area contributed by atoms with Crippen LogP contribution in [-0.2, 0) is 0 Å². The van der Waals surface area contributed by atoms with Crippen molar-refractivity contribution in [1.29, 1.82) is 0 Å². The van der Waals surface area contributed by atoms with Gasteiger partial charge < -0.3 is 10.2 Å². The van der Waals surface area contributed by atoms with Crippen LogP contribution >= 0.6 is 47.8 Å². The first-order valence-corrected chi connectivity index (χ1v) is 4.14.